The number of aryl methyl sites for hydroxylation is 1. The summed E-state index contributed by atoms with van der Waals surface area (Å²) in [5, 5.41) is 3.37. The SMILES string of the molecule is Cc1cnc(C(=O)Nc2cnc(OCC(F)(F)F)c(-c3ccc(Cl)cc3)c2)s1. The number of pyridine rings is 1. The molecule has 10 heteroatoms. The smallest absolute Gasteiger partial charge is 0.422 e. The maximum Gasteiger partial charge on any atom is 0.422 e. The van der Waals surface area contributed by atoms with Gasteiger partial charge < -0.3 is 10.1 Å². The molecule has 2 aromatic heterocycles. The number of rotatable bonds is 5. The number of alkyl halides is 3. The Labute approximate surface area is 167 Å². The summed E-state index contributed by atoms with van der Waals surface area (Å²) in [4.78, 5) is 21.1. The zero-order valence-corrected chi connectivity index (χ0v) is 16.0. The summed E-state index contributed by atoms with van der Waals surface area (Å²) in [5.41, 5.74) is 1.12. The van der Waals surface area contributed by atoms with Crippen molar-refractivity contribution in [3.63, 3.8) is 0 Å². The molecule has 1 amide bonds. The number of halogens is 4. The fourth-order valence-corrected chi connectivity index (χ4v) is 3.05. The van der Waals surface area contributed by atoms with Crippen LogP contribution in [-0.4, -0.2) is 28.7 Å². The van der Waals surface area contributed by atoms with Crippen molar-refractivity contribution in [2.24, 2.45) is 0 Å². The number of nitrogens with zero attached hydrogens (tertiary/aromatic N) is 2. The van der Waals surface area contributed by atoms with Crippen molar-refractivity contribution in [3.05, 3.63) is 57.6 Å². The van der Waals surface area contributed by atoms with E-state index in [0.29, 0.717) is 16.3 Å². The predicted octanol–water partition coefficient (Wildman–Crippen LogP) is 5.36. The van der Waals surface area contributed by atoms with E-state index >= 15 is 0 Å². The van der Waals surface area contributed by atoms with Crippen molar-refractivity contribution in [3.8, 4) is 17.0 Å². The highest BCUT2D eigenvalue weighted by atomic mass is 35.5. The second-order valence-corrected chi connectivity index (χ2v) is 7.39. The van der Waals surface area contributed by atoms with Crippen LogP contribution in [0.5, 0.6) is 5.88 Å². The number of carbonyl (C=O) groups excluding carboxylic acids is 1. The summed E-state index contributed by atoms with van der Waals surface area (Å²) in [6.07, 6.45) is -1.71. The summed E-state index contributed by atoms with van der Waals surface area (Å²) in [7, 11) is 0. The first kappa shape index (κ1) is 20.1. The molecular weight excluding hydrogens is 415 g/mol. The normalized spacial score (nSPS) is 11.3. The maximum atomic E-state index is 12.5. The number of amides is 1. The molecule has 0 radical (unpaired) electrons. The highest BCUT2D eigenvalue weighted by Gasteiger charge is 2.29. The van der Waals surface area contributed by atoms with Gasteiger partial charge in [-0.1, -0.05) is 23.7 Å². The van der Waals surface area contributed by atoms with Crippen LogP contribution in [0.2, 0.25) is 5.02 Å². The molecule has 0 saturated heterocycles. The van der Waals surface area contributed by atoms with Gasteiger partial charge in [-0.25, -0.2) is 9.97 Å². The fraction of sp³-hybridized carbons (Fsp3) is 0.167. The van der Waals surface area contributed by atoms with Gasteiger partial charge in [0.2, 0.25) is 5.88 Å². The summed E-state index contributed by atoms with van der Waals surface area (Å²) >= 11 is 7.09. The molecule has 0 atom stereocenters. The lowest BCUT2D eigenvalue weighted by molar-refractivity contribution is -0.154. The van der Waals surface area contributed by atoms with Gasteiger partial charge in [-0.05, 0) is 30.7 Å². The van der Waals surface area contributed by atoms with Gasteiger partial charge >= 0.3 is 6.18 Å². The van der Waals surface area contributed by atoms with Gasteiger partial charge in [-0.15, -0.1) is 11.3 Å². The lowest BCUT2D eigenvalue weighted by Crippen LogP contribution is -2.20. The molecule has 0 saturated carbocycles. The Morgan fingerprint density at radius 2 is 1.93 bits per heavy atom. The first-order valence-corrected chi connectivity index (χ1v) is 9.10. The lowest BCUT2D eigenvalue weighted by atomic mass is 10.1. The molecule has 28 heavy (non-hydrogen) atoms. The number of hydrogen-bond acceptors (Lipinski definition) is 5. The van der Waals surface area contributed by atoms with Crippen molar-refractivity contribution >= 4 is 34.5 Å². The van der Waals surface area contributed by atoms with E-state index in [-0.39, 0.29) is 16.5 Å². The van der Waals surface area contributed by atoms with E-state index in [1.807, 2.05) is 6.92 Å². The Hall–Kier alpha value is -2.65. The van der Waals surface area contributed by atoms with Gasteiger partial charge in [0.05, 0.1) is 11.9 Å². The van der Waals surface area contributed by atoms with Crippen molar-refractivity contribution < 1.29 is 22.7 Å². The molecule has 1 N–H and O–H groups in total. The summed E-state index contributed by atoms with van der Waals surface area (Å²) in [6.45, 7) is 0.339. The predicted molar refractivity (Wildman–Crippen MR) is 101 cm³/mol. The van der Waals surface area contributed by atoms with Crippen molar-refractivity contribution in [2.75, 3.05) is 11.9 Å². The fourth-order valence-electron chi connectivity index (χ4n) is 2.27. The van der Waals surface area contributed by atoms with Gasteiger partial charge in [0.1, 0.15) is 0 Å². The average molecular weight is 428 g/mol. The van der Waals surface area contributed by atoms with Crippen LogP contribution in [0.4, 0.5) is 18.9 Å². The molecule has 0 bridgehead atoms. The lowest BCUT2D eigenvalue weighted by Gasteiger charge is -2.14. The summed E-state index contributed by atoms with van der Waals surface area (Å²) in [5.74, 6) is -0.645. The molecule has 146 valence electrons. The van der Waals surface area contributed by atoms with E-state index in [1.54, 1.807) is 30.5 Å². The molecule has 0 aliphatic heterocycles. The van der Waals surface area contributed by atoms with Crippen molar-refractivity contribution in [1.82, 2.24) is 9.97 Å². The molecule has 0 spiro atoms. The van der Waals surface area contributed by atoms with Crippen LogP contribution in [0.15, 0.2) is 42.7 Å². The highest BCUT2D eigenvalue weighted by molar-refractivity contribution is 7.13. The molecule has 0 unspecified atom stereocenters. The zero-order chi connectivity index (χ0) is 20.3. The number of anilines is 1. The Morgan fingerprint density at radius 1 is 1.21 bits per heavy atom. The Bertz CT molecular complexity index is 990. The van der Waals surface area contributed by atoms with Crippen LogP contribution >= 0.6 is 22.9 Å². The minimum absolute atomic E-state index is 0.206. The third-order valence-corrected chi connectivity index (χ3v) is 4.62. The van der Waals surface area contributed by atoms with E-state index < -0.39 is 18.7 Å². The molecule has 2 heterocycles. The van der Waals surface area contributed by atoms with E-state index in [0.717, 1.165) is 4.88 Å². The monoisotopic (exact) mass is 427 g/mol. The van der Waals surface area contributed by atoms with Crippen LogP contribution in [0.3, 0.4) is 0 Å². The van der Waals surface area contributed by atoms with E-state index in [9.17, 15) is 18.0 Å². The van der Waals surface area contributed by atoms with Crippen LogP contribution in [-0.2, 0) is 0 Å². The first-order chi connectivity index (χ1) is 13.2. The van der Waals surface area contributed by atoms with Crippen LogP contribution in [0.1, 0.15) is 14.7 Å². The number of aromatic nitrogens is 2. The first-order valence-electron chi connectivity index (χ1n) is 7.90. The quantitative estimate of drug-likeness (QED) is 0.595. The molecule has 3 rings (SSSR count). The standard InChI is InChI=1S/C18H13ClF3N3O2S/c1-10-7-24-17(28-10)15(26)25-13-6-14(11-2-4-12(19)5-3-11)16(23-8-13)27-9-18(20,21)22/h2-8H,9H2,1H3,(H,25,26). The Kier molecular flexibility index (Phi) is 5.85. The largest absolute Gasteiger partial charge is 0.468 e. The Morgan fingerprint density at radius 3 is 2.54 bits per heavy atom. The highest BCUT2D eigenvalue weighted by Crippen LogP contribution is 2.32. The number of hydrogen-bond donors (Lipinski definition) is 1. The van der Waals surface area contributed by atoms with Gasteiger partial charge in [0, 0.05) is 21.7 Å². The molecular formula is C18H13ClF3N3O2S. The minimum Gasteiger partial charge on any atom is -0.468 e. The van der Waals surface area contributed by atoms with Crippen LogP contribution < -0.4 is 10.1 Å². The van der Waals surface area contributed by atoms with Gasteiger partial charge in [0.15, 0.2) is 11.6 Å². The van der Waals surface area contributed by atoms with E-state index in [1.165, 1.54) is 23.6 Å². The van der Waals surface area contributed by atoms with Crippen LogP contribution in [0, 0.1) is 6.92 Å². The van der Waals surface area contributed by atoms with Gasteiger partial charge in [-0.3, -0.25) is 4.79 Å². The van der Waals surface area contributed by atoms with E-state index in [4.69, 9.17) is 16.3 Å². The molecule has 0 fully saturated rings. The number of thiazole rings is 1. The minimum atomic E-state index is -4.51. The summed E-state index contributed by atoms with van der Waals surface area (Å²) in [6, 6.07) is 7.91. The van der Waals surface area contributed by atoms with Gasteiger partial charge in [0.25, 0.3) is 5.91 Å². The number of nitrogens with one attached hydrogen (secondary N) is 1. The van der Waals surface area contributed by atoms with E-state index in [2.05, 4.69) is 15.3 Å². The molecule has 1 aromatic carbocycles. The number of carbonyl (C=O) groups is 1. The third kappa shape index (κ3) is 5.20. The summed E-state index contributed by atoms with van der Waals surface area (Å²) < 4.78 is 42.5. The number of ether oxygens (including phenoxy) is 1. The topological polar surface area (TPSA) is 64.1 Å². The third-order valence-electron chi connectivity index (χ3n) is 3.45. The second-order valence-electron chi connectivity index (χ2n) is 5.72. The molecule has 0 aliphatic rings. The van der Waals surface area contributed by atoms with Crippen molar-refractivity contribution in [1.29, 1.82) is 0 Å². The maximum absolute atomic E-state index is 12.5. The molecule has 0 aliphatic carbocycles. The van der Waals surface area contributed by atoms with Crippen molar-refractivity contribution in [2.45, 2.75) is 13.1 Å². The Balaban J connectivity index is 1.91. The van der Waals surface area contributed by atoms with Gasteiger partial charge in [-0.2, -0.15) is 13.2 Å². The molecule has 3 aromatic rings. The second kappa shape index (κ2) is 8.15. The average Bonchev–Trinajstić information content (AvgIpc) is 3.07. The molecule has 5 nitrogen and oxygen atoms in total. The number of benzene rings is 1. The van der Waals surface area contributed by atoms with Crippen LogP contribution in [0.25, 0.3) is 11.1 Å². The zero-order valence-electron chi connectivity index (χ0n) is 14.4.